The molecule has 1 heterocycles. The first-order valence-electron chi connectivity index (χ1n) is 6.35. The second-order valence-corrected chi connectivity index (χ2v) is 5.63. The summed E-state index contributed by atoms with van der Waals surface area (Å²) in [6, 6.07) is 7.25. The maximum absolute atomic E-state index is 12.1. The molecular weight excluding hydrogens is 274 g/mol. The predicted molar refractivity (Wildman–Crippen MR) is 79.9 cm³/mol. The number of imide groups is 1. The molecule has 2 rings (SSSR count). The Balaban J connectivity index is 2.14. The molecule has 0 saturated carbocycles. The standard InChI is InChI=1S/C14H17N3O2S/c1-4-14(2)12(18)17(13(19)16-14)15-9-10-5-7-11(20-3)8-6-10/h5-9H,4H2,1-3H3,(H,16,19)/b15-9-/t14-/m0/s1. The molecule has 1 aliphatic rings. The Hall–Kier alpha value is -1.82. The number of benzene rings is 1. The second-order valence-electron chi connectivity index (χ2n) is 4.75. The van der Waals surface area contributed by atoms with Gasteiger partial charge >= 0.3 is 6.03 Å². The zero-order chi connectivity index (χ0) is 14.8. The second kappa shape index (κ2) is 5.66. The van der Waals surface area contributed by atoms with Crippen molar-refractivity contribution in [2.75, 3.05) is 6.26 Å². The molecule has 1 N–H and O–H groups in total. The largest absolute Gasteiger partial charge is 0.346 e. The minimum atomic E-state index is -0.850. The number of carbonyl (C=O) groups excluding carboxylic acids is 2. The van der Waals surface area contributed by atoms with E-state index in [1.807, 2.05) is 37.4 Å². The van der Waals surface area contributed by atoms with Gasteiger partial charge in [-0.3, -0.25) is 4.79 Å². The molecule has 106 valence electrons. The van der Waals surface area contributed by atoms with Crippen molar-refractivity contribution in [3.8, 4) is 0 Å². The van der Waals surface area contributed by atoms with E-state index in [1.54, 1.807) is 18.7 Å². The number of amides is 3. The number of hydrazone groups is 1. The number of nitrogens with zero attached hydrogens (tertiary/aromatic N) is 2. The van der Waals surface area contributed by atoms with Crippen LogP contribution in [0.2, 0.25) is 0 Å². The number of hydrogen-bond acceptors (Lipinski definition) is 4. The van der Waals surface area contributed by atoms with Gasteiger partial charge < -0.3 is 5.32 Å². The molecule has 0 unspecified atom stereocenters. The zero-order valence-electron chi connectivity index (χ0n) is 11.7. The highest BCUT2D eigenvalue weighted by Gasteiger charge is 2.46. The molecule has 1 fully saturated rings. The number of hydrogen-bond donors (Lipinski definition) is 1. The molecule has 1 saturated heterocycles. The topological polar surface area (TPSA) is 61.8 Å². The Morgan fingerprint density at radius 3 is 2.50 bits per heavy atom. The van der Waals surface area contributed by atoms with Crippen LogP contribution in [-0.4, -0.2) is 35.0 Å². The van der Waals surface area contributed by atoms with E-state index in [9.17, 15) is 9.59 Å². The van der Waals surface area contributed by atoms with Crippen LogP contribution in [0.15, 0.2) is 34.3 Å². The molecule has 1 aromatic rings. The number of nitrogens with one attached hydrogen (secondary N) is 1. The molecule has 0 aromatic heterocycles. The summed E-state index contributed by atoms with van der Waals surface area (Å²) >= 11 is 1.65. The van der Waals surface area contributed by atoms with E-state index in [0.29, 0.717) is 6.42 Å². The molecule has 1 aromatic carbocycles. The van der Waals surface area contributed by atoms with Crippen LogP contribution >= 0.6 is 11.8 Å². The lowest BCUT2D eigenvalue weighted by Gasteiger charge is -2.17. The predicted octanol–water partition coefficient (Wildman–Crippen LogP) is 2.46. The van der Waals surface area contributed by atoms with E-state index < -0.39 is 11.6 Å². The van der Waals surface area contributed by atoms with Crippen LogP contribution in [-0.2, 0) is 4.79 Å². The van der Waals surface area contributed by atoms with Crippen molar-refractivity contribution in [3.63, 3.8) is 0 Å². The number of rotatable bonds is 4. The molecule has 1 aliphatic heterocycles. The van der Waals surface area contributed by atoms with E-state index in [0.717, 1.165) is 15.5 Å². The highest BCUT2D eigenvalue weighted by atomic mass is 32.2. The summed E-state index contributed by atoms with van der Waals surface area (Å²) in [5, 5.41) is 7.54. The molecule has 5 nitrogen and oxygen atoms in total. The van der Waals surface area contributed by atoms with Gasteiger partial charge in [-0.2, -0.15) is 5.10 Å². The summed E-state index contributed by atoms with van der Waals surface area (Å²) in [5.74, 6) is -0.318. The van der Waals surface area contributed by atoms with Gasteiger partial charge in [0.25, 0.3) is 5.91 Å². The smallest absolute Gasteiger partial charge is 0.322 e. The summed E-state index contributed by atoms with van der Waals surface area (Å²) in [6.07, 6.45) is 4.05. The zero-order valence-corrected chi connectivity index (χ0v) is 12.5. The van der Waals surface area contributed by atoms with Gasteiger partial charge in [0.1, 0.15) is 5.54 Å². The minimum absolute atomic E-state index is 0.318. The van der Waals surface area contributed by atoms with E-state index in [1.165, 1.54) is 6.21 Å². The molecule has 0 aliphatic carbocycles. The van der Waals surface area contributed by atoms with E-state index in [2.05, 4.69) is 10.4 Å². The van der Waals surface area contributed by atoms with Crippen molar-refractivity contribution in [1.29, 1.82) is 0 Å². The summed E-state index contributed by atoms with van der Waals surface area (Å²) in [6.45, 7) is 3.56. The average Bonchev–Trinajstić information content (AvgIpc) is 2.68. The lowest BCUT2D eigenvalue weighted by molar-refractivity contribution is -0.130. The van der Waals surface area contributed by atoms with Crippen LogP contribution < -0.4 is 5.32 Å². The highest BCUT2D eigenvalue weighted by Crippen LogP contribution is 2.21. The van der Waals surface area contributed by atoms with Gasteiger partial charge in [0, 0.05) is 4.90 Å². The number of carbonyl (C=O) groups is 2. The maximum Gasteiger partial charge on any atom is 0.346 e. The maximum atomic E-state index is 12.1. The van der Waals surface area contributed by atoms with Crippen molar-refractivity contribution in [1.82, 2.24) is 10.3 Å². The Morgan fingerprint density at radius 2 is 2.00 bits per heavy atom. The number of thioether (sulfide) groups is 1. The summed E-state index contributed by atoms with van der Waals surface area (Å²) in [5.41, 5.74) is -0.00886. The van der Waals surface area contributed by atoms with Gasteiger partial charge in [-0.1, -0.05) is 19.1 Å². The summed E-state index contributed by atoms with van der Waals surface area (Å²) < 4.78 is 0. The Morgan fingerprint density at radius 1 is 1.35 bits per heavy atom. The van der Waals surface area contributed by atoms with E-state index >= 15 is 0 Å². The molecule has 0 radical (unpaired) electrons. The first kappa shape index (κ1) is 14.6. The third-order valence-corrected chi connectivity index (χ3v) is 4.13. The third-order valence-electron chi connectivity index (χ3n) is 3.38. The molecule has 3 amide bonds. The third kappa shape index (κ3) is 2.70. The van der Waals surface area contributed by atoms with Crippen LogP contribution in [0, 0.1) is 0 Å². The van der Waals surface area contributed by atoms with Crippen LogP contribution in [0.5, 0.6) is 0 Å². The average molecular weight is 291 g/mol. The quantitative estimate of drug-likeness (QED) is 0.526. The van der Waals surface area contributed by atoms with Crippen molar-refractivity contribution < 1.29 is 9.59 Å². The van der Waals surface area contributed by atoms with Crippen LogP contribution in [0.25, 0.3) is 0 Å². The van der Waals surface area contributed by atoms with Crippen molar-refractivity contribution in [2.24, 2.45) is 5.10 Å². The summed E-state index contributed by atoms with van der Waals surface area (Å²) in [7, 11) is 0. The number of urea groups is 1. The Labute approximate surface area is 122 Å². The Kier molecular flexibility index (Phi) is 4.13. The lowest BCUT2D eigenvalue weighted by Crippen LogP contribution is -2.42. The Bertz CT molecular complexity index is 556. The molecule has 1 atom stereocenters. The summed E-state index contributed by atoms with van der Waals surface area (Å²) in [4.78, 5) is 25.0. The van der Waals surface area contributed by atoms with Gasteiger partial charge in [0.05, 0.1) is 6.21 Å². The first-order valence-corrected chi connectivity index (χ1v) is 7.57. The van der Waals surface area contributed by atoms with Gasteiger partial charge in [0.15, 0.2) is 0 Å². The van der Waals surface area contributed by atoms with E-state index in [-0.39, 0.29) is 5.91 Å². The fraction of sp³-hybridized carbons (Fsp3) is 0.357. The normalized spacial score (nSPS) is 22.6. The SMILES string of the molecule is CC[C@]1(C)NC(=O)N(/N=C\c2ccc(SC)cc2)C1=O. The van der Waals surface area contributed by atoms with Crippen molar-refractivity contribution in [2.45, 2.75) is 30.7 Å². The van der Waals surface area contributed by atoms with Crippen LogP contribution in [0.4, 0.5) is 4.79 Å². The van der Waals surface area contributed by atoms with Crippen molar-refractivity contribution in [3.05, 3.63) is 29.8 Å². The first-order chi connectivity index (χ1) is 9.50. The minimum Gasteiger partial charge on any atom is -0.322 e. The van der Waals surface area contributed by atoms with Gasteiger partial charge in [-0.05, 0) is 37.3 Å². The van der Waals surface area contributed by atoms with Gasteiger partial charge in [0.2, 0.25) is 0 Å². The highest BCUT2D eigenvalue weighted by molar-refractivity contribution is 7.98. The molecule has 0 spiro atoms. The van der Waals surface area contributed by atoms with Gasteiger partial charge in [-0.25, -0.2) is 4.79 Å². The monoisotopic (exact) mass is 291 g/mol. The van der Waals surface area contributed by atoms with Gasteiger partial charge in [-0.15, -0.1) is 16.8 Å². The van der Waals surface area contributed by atoms with E-state index in [4.69, 9.17) is 0 Å². The molecule has 0 bridgehead atoms. The fourth-order valence-electron chi connectivity index (χ4n) is 1.83. The fourth-order valence-corrected chi connectivity index (χ4v) is 2.24. The lowest BCUT2D eigenvalue weighted by atomic mass is 10.00. The van der Waals surface area contributed by atoms with Crippen molar-refractivity contribution >= 4 is 29.9 Å². The molecular formula is C14H17N3O2S. The molecule has 6 heteroatoms. The van der Waals surface area contributed by atoms with Crippen LogP contribution in [0.3, 0.4) is 0 Å². The van der Waals surface area contributed by atoms with Crippen LogP contribution in [0.1, 0.15) is 25.8 Å². The molecule has 20 heavy (non-hydrogen) atoms.